The van der Waals surface area contributed by atoms with Gasteiger partial charge < -0.3 is 15.0 Å². The molecule has 0 saturated carbocycles. The third-order valence-electron chi connectivity index (χ3n) is 4.05. The fourth-order valence-electron chi connectivity index (χ4n) is 2.89. The van der Waals surface area contributed by atoms with Crippen molar-refractivity contribution in [3.05, 3.63) is 0 Å². The minimum atomic E-state index is 0.359. The summed E-state index contributed by atoms with van der Waals surface area (Å²) in [7, 11) is 2.29. The van der Waals surface area contributed by atoms with Gasteiger partial charge in [-0.1, -0.05) is 6.92 Å². The molecule has 0 aromatic heterocycles. The van der Waals surface area contributed by atoms with Crippen LogP contribution in [0, 0.1) is 5.41 Å². The van der Waals surface area contributed by atoms with Crippen molar-refractivity contribution in [2.45, 2.75) is 25.8 Å². The molecule has 0 aromatic rings. The second-order valence-electron chi connectivity index (χ2n) is 5.52. The van der Waals surface area contributed by atoms with Crippen molar-refractivity contribution in [3.63, 3.8) is 0 Å². The van der Waals surface area contributed by atoms with E-state index < -0.39 is 0 Å². The number of rotatable bonds is 6. The summed E-state index contributed by atoms with van der Waals surface area (Å²) in [5.41, 5.74) is 0.359. The molecule has 2 aliphatic heterocycles. The lowest BCUT2D eigenvalue weighted by Gasteiger charge is -2.35. The highest BCUT2D eigenvalue weighted by Crippen LogP contribution is 2.31. The van der Waals surface area contributed by atoms with Crippen molar-refractivity contribution in [2.24, 2.45) is 5.41 Å². The van der Waals surface area contributed by atoms with E-state index in [1.807, 2.05) is 0 Å². The Balaban J connectivity index is 1.87. The Bertz CT molecular complexity index is 225. The van der Waals surface area contributed by atoms with Gasteiger partial charge in [0.15, 0.2) is 0 Å². The molecule has 4 heteroatoms. The second-order valence-corrected chi connectivity index (χ2v) is 6.67. The molecule has 2 unspecified atom stereocenters. The minimum Gasteiger partial charge on any atom is -0.381 e. The van der Waals surface area contributed by atoms with Gasteiger partial charge in [0.25, 0.3) is 0 Å². The summed E-state index contributed by atoms with van der Waals surface area (Å²) in [4.78, 5) is 2.58. The summed E-state index contributed by atoms with van der Waals surface area (Å²) in [6, 6.07) is 0.791. The van der Waals surface area contributed by atoms with E-state index in [9.17, 15) is 0 Å². The third-order valence-corrected chi connectivity index (χ3v) is 5.19. The lowest BCUT2D eigenvalue weighted by Crippen LogP contribution is -2.46. The van der Waals surface area contributed by atoms with Crippen LogP contribution in [0.15, 0.2) is 0 Å². The van der Waals surface area contributed by atoms with Gasteiger partial charge in [0.2, 0.25) is 0 Å². The Morgan fingerprint density at radius 2 is 2.41 bits per heavy atom. The fourth-order valence-corrected chi connectivity index (χ4v) is 4.19. The Kier molecular flexibility index (Phi) is 5.15. The van der Waals surface area contributed by atoms with E-state index in [-0.39, 0.29) is 0 Å². The summed E-state index contributed by atoms with van der Waals surface area (Å²) in [5.74, 6) is 2.65. The largest absolute Gasteiger partial charge is 0.381 e. The van der Waals surface area contributed by atoms with Gasteiger partial charge in [-0.05, 0) is 32.2 Å². The van der Waals surface area contributed by atoms with Crippen molar-refractivity contribution < 1.29 is 4.74 Å². The smallest absolute Gasteiger partial charge is 0.0547 e. The van der Waals surface area contributed by atoms with Crippen molar-refractivity contribution >= 4 is 11.8 Å². The van der Waals surface area contributed by atoms with Gasteiger partial charge in [0, 0.05) is 36.9 Å². The van der Waals surface area contributed by atoms with Gasteiger partial charge in [-0.25, -0.2) is 0 Å². The molecule has 2 atom stereocenters. The predicted molar refractivity (Wildman–Crippen MR) is 74.8 cm³/mol. The molecule has 0 radical (unpaired) electrons. The third kappa shape index (κ3) is 3.60. The van der Waals surface area contributed by atoms with Gasteiger partial charge in [0.1, 0.15) is 0 Å². The molecule has 100 valence electrons. The van der Waals surface area contributed by atoms with E-state index in [1.165, 1.54) is 30.9 Å². The number of thioether (sulfide) groups is 1. The van der Waals surface area contributed by atoms with Crippen molar-refractivity contribution in [1.29, 1.82) is 0 Å². The molecule has 2 heterocycles. The minimum absolute atomic E-state index is 0.359. The van der Waals surface area contributed by atoms with Crippen LogP contribution in [0.2, 0.25) is 0 Å². The first-order valence-electron chi connectivity index (χ1n) is 6.82. The molecule has 2 rings (SSSR count). The first-order valence-corrected chi connectivity index (χ1v) is 7.98. The van der Waals surface area contributed by atoms with E-state index in [1.54, 1.807) is 0 Å². The van der Waals surface area contributed by atoms with Crippen LogP contribution in [0.4, 0.5) is 0 Å². The monoisotopic (exact) mass is 258 g/mol. The summed E-state index contributed by atoms with van der Waals surface area (Å²) >= 11 is 2.10. The summed E-state index contributed by atoms with van der Waals surface area (Å²) < 4.78 is 5.65. The van der Waals surface area contributed by atoms with E-state index in [4.69, 9.17) is 4.74 Å². The normalized spacial score (nSPS) is 33.7. The Morgan fingerprint density at radius 1 is 1.53 bits per heavy atom. The van der Waals surface area contributed by atoms with Crippen LogP contribution in [0.3, 0.4) is 0 Å². The maximum Gasteiger partial charge on any atom is 0.0547 e. The second kappa shape index (κ2) is 6.41. The number of ether oxygens (including phenoxy) is 1. The molecule has 1 N–H and O–H groups in total. The van der Waals surface area contributed by atoms with Crippen LogP contribution < -0.4 is 5.32 Å². The molecule has 2 saturated heterocycles. The first kappa shape index (κ1) is 13.7. The SMILES string of the molecule is CCNCC1(CN(C)C2CCSC2)CCOC1. The highest BCUT2D eigenvalue weighted by molar-refractivity contribution is 7.99. The summed E-state index contributed by atoms with van der Waals surface area (Å²) in [6.45, 7) is 7.41. The van der Waals surface area contributed by atoms with Gasteiger partial charge in [-0.15, -0.1) is 0 Å². The average Bonchev–Trinajstić information content (AvgIpc) is 2.98. The standard InChI is InChI=1S/C13H26N2OS/c1-3-14-9-13(5-6-16-11-13)10-15(2)12-4-7-17-8-12/h12,14H,3-11H2,1-2H3. The fraction of sp³-hybridized carbons (Fsp3) is 1.00. The van der Waals surface area contributed by atoms with Crippen LogP contribution in [0.1, 0.15) is 19.8 Å². The van der Waals surface area contributed by atoms with E-state index in [0.717, 1.165) is 32.3 Å². The quantitative estimate of drug-likeness (QED) is 0.779. The number of hydrogen-bond donors (Lipinski definition) is 1. The zero-order chi connectivity index (χ0) is 12.1. The molecule has 3 nitrogen and oxygen atoms in total. The molecular weight excluding hydrogens is 232 g/mol. The molecule has 0 amide bonds. The van der Waals surface area contributed by atoms with Gasteiger partial charge >= 0.3 is 0 Å². The van der Waals surface area contributed by atoms with Crippen LogP contribution in [-0.4, -0.2) is 62.3 Å². The predicted octanol–water partition coefficient (Wildman–Crippen LogP) is 1.44. The van der Waals surface area contributed by atoms with Crippen molar-refractivity contribution in [2.75, 3.05) is 51.4 Å². The average molecular weight is 258 g/mol. The zero-order valence-electron chi connectivity index (χ0n) is 11.2. The van der Waals surface area contributed by atoms with Crippen molar-refractivity contribution in [1.82, 2.24) is 10.2 Å². The van der Waals surface area contributed by atoms with Gasteiger partial charge in [-0.3, -0.25) is 0 Å². The highest BCUT2D eigenvalue weighted by atomic mass is 32.2. The first-order chi connectivity index (χ1) is 8.26. The Hall–Kier alpha value is 0.230. The summed E-state index contributed by atoms with van der Waals surface area (Å²) in [6.07, 6.45) is 2.57. The van der Waals surface area contributed by atoms with E-state index in [0.29, 0.717) is 5.41 Å². The highest BCUT2D eigenvalue weighted by Gasteiger charge is 2.37. The van der Waals surface area contributed by atoms with Gasteiger partial charge in [0.05, 0.1) is 6.61 Å². The molecule has 2 fully saturated rings. The number of hydrogen-bond acceptors (Lipinski definition) is 4. The van der Waals surface area contributed by atoms with Gasteiger partial charge in [-0.2, -0.15) is 11.8 Å². The molecule has 2 aliphatic rings. The molecule has 0 aliphatic carbocycles. The Morgan fingerprint density at radius 3 is 3.00 bits per heavy atom. The zero-order valence-corrected chi connectivity index (χ0v) is 12.0. The molecule has 17 heavy (non-hydrogen) atoms. The van der Waals surface area contributed by atoms with Crippen molar-refractivity contribution in [3.8, 4) is 0 Å². The molecule has 0 spiro atoms. The van der Waals surface area contributed by atoms with E-state index >= 15 is 0 Å². The maximum atomic E-state index is 5.65. The maximum absolute atomic E-state index is 5.65. The lowest BCUT2D eigenvalue weighted by molar-refractivity contribution is 0.106. The van der Waals surface area contributed by atoms with Crippen LogP contribution >= 0.6 is 11.8 Å². The van der Waals surface area contributed by atoms with Crippen LogP contribution in [-0.2, 0) is 4.74 Å². The van der Waals surface area contributed by atoms with Crippen LogP contribution in [0.5, 0.6) is 0 Å². The molecular formula is C13H26N2OS. The number of nitrogens with zero attached hydrogens (tertiary/aromatic N) is 1. The van der Waals surface area contributed by atoms with Crippen LogP contribution in [0.25, 0.3) is 0 Å². The lowest BCUT2D eigenvalue weighted by atomic mass is 9.86. The topological polar surface area (TPSA) is 24.5 Å². The number of nitrogens with one attached hydrogen (secondary N) is 1. The Labute approximate surface area is 110 Å². The summed E-state index contributed by atoms with van der Waals surface area (Å²) in [5, 5.41) is 3.52. The van der Waals surface area contributed by atoms with E-state index in [2.05, 4.69) is 35.9 Å². The molecule has 0 bridgehead atoms. The molecule has 0 aromatic carbocycles.